The number of H-pyrrole nitrogens is 1. The van der Waals surface area contributed by atoms with Crippen molar-refractivity contribution in [2.45, 2.75) is 33.1 Å². The second-order valence-electron chi connectivity index (χ2n) is 7.13. The second kappa shape index (κ2) is 6.96. The van der Waals surface area contributed by atoms with Crippen molar-refractivity contribution < 1.29 is 5.11 Å². The Morgan fingerprint density at radius 2 is 1.79 bits per heavy atom. The standard InChI is InChI=1S/C22H21N3O3/c1-13-6-10-18(11-7-13)25-21(27)19(20(26)24-22(25)28)14(2)23-17-9-8-15-4-3-5-16(15)12-17/h6-12,27H,3-5H2,1-2H3,(H,24,26,28). The largest absolute Gasteiger partial charge is 0.493 e. The van der Waals surface area contributed by atoms with E-state index in [9.17, 15) is 14.7 Å². The van der Waals surface area contributed by atoms with E-state index in [0.29, 0.717) is 11.4 Å². The maximum absolute atomic E-state index is 12.4. The number of nitrogens with zero attached hydrogens (tertiary/aromatic N) is 2. The normalized spacial score (nSPS) is 13.6. The van der Waals surface area contributed by atoms with Crippen LogP contribution in [0.2, 0.25) is 0 Å². The summed E-state index contributed by atoms with van der Waals surface area (Å²) in [7, 11) is 0. The Balaban J connectivity index is 1.83. The molecule has 0 unspecified atom stereocenters. The summed E-state index contributed by atoms with van der Waals surface area (Å²) < 4.78 is 1.08. The monoisotopic (exact) mass is 375 g/mol. The fraction of sp³-hybridized carbons (Fsp3) is 0.227. The van der Waals surface area contributed by atoms with Crippen LogP contribution in [0.25, 0.3) is 5.69 Å². The highest BCUT2D eigenvalue weighted by atomic mass is 16.3. The molecule has 2 aromatic carbocycles. The predicted octanol–water partition coefficient (Wildman–Crippen LogP) is 3.17. The van der Waals surface area contributed by atoms with Crippen LogP contribution in [0.1, 0.15) is 35.6 Å². The lowest BCUT2D eigenvalue weighted by molar-refractivity contribution is 0.430. The summed E-state index contributed by atoms with van der Waals surface area (Å²) in [6.07, 6.45) is 3.26. The molecule has 2 N–H and O–H groups in total. The van der Waals surface area contributed by atoms with Crippen LogP contribution in [-0.2, 0) is 12.8 Å². The lowest BCUT2D eigenvalue weighted by Gasteiger charge is -2.12. The van der Waals surface area contributed by atoms with E-state index in [4.69, 9.17) is 0 Å². The Bertz CT molecular complexity index is 1200. The molecular weight excluding hydrogens is 354 g/mol. The highest BCUT2D eigenvalue weighted by molar-refractivity contribution is 6.01. The maximum Gasteiger partial charge on any atom is 0.335 e. The molecule has 3 aromatic rings. The van der Waals surface area contributed by atoms with Gasteiger partial charge in [0.2, 0.25) is 5.88 Å². The third-order valence-corrected chi connectivity index (χ3v) is 5.12. The third-order valence-electron chi connectivity index (χ3n) is 5.12. The summed E-state index contributed by atoms with van der Waals surface area (Å²) in [6, 6.07) is 13.1. The van der Waals surface area contributed by atoms with E-state index >= 15 is 0 Å². The van der Waals surface area contributed by atoms with Gasteiger partial charge < -0.3 is 5.11 Å². The number of nitrogens with one attached hydrogen (secondary N) is 1. The van der Waals surface area contributed by atoms with E-state index in [1.165, 1.54) is 11.1 Å². The smallest absolute Gasteiger partial charge is 0.335 e. The van der Waals surface area contributed by atoms with Gasteiger partial charge in [-0.25, -0.2) is 9.36 Å². The second-order valence-corrected chi connectivity index (χ2v) is 7.13. The van der Waals surface area contributed by atoms with Crippen LogP contribution in [-0.4, -0.2) is 20.4 Å². The molecule has 6 heteroatoms. The predicted molar refractivity (Wildman–Crippen MR) is 109 cm³/mol. The number of aryl methyl sites for hydroxylation is 3. The molecule has 0 bridgehead atoms. The molecule has 0 aliphatic heterocycles. The van der Waals surface area contributed by atoms with Crippen molar-refractivity contribution in [3.05, 3.63) is 85.6 Å². The van der Waals surface area contributed by atoms with Crippen LogP contribution in [0.15, 0.2) is 57.0 Å². The van der Waals surface area contributed by atoms with Crippen LogP contribution in [0, 0.1) is 6.92 Å². The van der Waals surface area contributed by atoms with Crippen LogP contribution in [0.5, 0.6) is 5.88 Å². The summed E-state index contributed by atoms with van der Waals surface area (Å²) in [5.74, 6) is -0.417. The fourth-order valence-electron chi connectivity index (χ4n) is 3.66. The first-order valence-corrected chi connectivity index (χ1v) is 9.27. The fourth-order valence-corrected chi connectivity index (χ4v) is 3.66. The lowest BCUT2D eigenvalue weighted by atomic mass is 10.1. The van der Waals surface area contributed by atoms with Gasteiger partial charge in [0.15, 0.2) is 0 Å². The first-order valence-electron chi connectivity index (χ1n) is 9.27. The minimum absolute atomic E-state index is 0.0133. The van der Waals surface area contributed by atoms with Gasteiger partial charge in [0.25, 0.3) is 5.56 Å². The summed E-state index contributed by atoms with van der Waals surface area (Å²) in [6.45, 7) is 3.58. The van der Waals surface area contributed by atoms with Crippen molar-refractivity contribution in [2.24, 2.45) is 4.99 Å². The number of rotatable bonds is 3. The molecule has 28 heavy (non-hydrogen) atoms. The van der Waals surface area contributed by atoms with Crippen molar-refractivity contribution in [2.75, 3.05) is 0 Å². The minimum Gasteiger partial charge on any atom is -0.493 e. The molecule has 0 amide bonds. The zero-order chi connectivity index (χ0) is 19.8. The molecule has 0 atom stereocenters. The molecule has 4 rings (SSSR count). The maximum atomic E-state index is 12.4. The highest BCUT2D eigenvalue weighted by Crippen LogP contribution is 2.27. The number of aromatic nitrogens is 2. The Morgan fingerprint density at radius 3 is 2.54 bits per heavy atom. The van der Waals surface area contributed by atoms with Gasteiger partial charge in [-0.3, -0.25) is 14.8 Å². The van der Waals surface area contributed by atoms with Gasteiger partial charge in [0, 0.05) is 0 Å². The molecule has 0 fully saturated rings. The zero-order valence-corrected chi connectivity index (χ0v) is 15.8. The van der Waals surface area contributed by atoms with E-state index in [1.807, 2.05) is 31.2 Å². The van der Waals surface area contributed by atoms with Gasteiger partial charge in [-0.05, 0) is 68.5 Å². The first-order chi connectivity index (χ1) is 13.4. The molecule has 1 heterocycles. The average Bonchev–Trinajstić information content (AvgIpc) is 3.10. The Morgan fingerprint density at radius 1 is 1.07 bits per heavy atom. The van der Waals surface area contributed by atoms with E-state index < -0.39 is 17.1 Å². The number of aromatic amines is 1. The van der Waals surface area contributed by atoms with Gasteiger partial charge in [-0.2, -0.15) is 0 Å². The number of aliphatic imine (C=N–C) groups is 1. The van der Waals surface area contributed by atoms with Gasteiger partial charge in [0.05, 0.1) is 17.1 Å². The molecule has 6 nitrogen and oxygen atoms in total. The summed E-state index contributed by atoms with van der Waals surface area (Å²) in [5.41, 5.74) is 3.81. The van der Waals surface area contributed by atoms with Gasteiger partial charge in [-0.15, -0.1) is 0 Å². The molecule has 1 aliphatic carbocycles. The van der Waals surface area contributed by atoms with Gasteiger partial charge in [-0.1, -0.05) is 23.8 Å². The third kappa shape index (κ3) is 3.17. The molecule has 1 aliphatic rings. The van der Waals surface area contributed by atoms with Crippen molar-refractivity contribution in [3.8, 4) is 11.6 Å². The highest BCUT2D eigenvalue weighted by Gasteiger charge is 2.18. The topological polar surface area (TPSA) is 87.4 Å². The number of fused-ring (bicyclic) bond motifs is 1. The van der Waals surface area contributed by atoms with Crippen molar-refractivity contribution in [3.63, 3.8) is 0 Å². The quantitative estimate of drug-likeness (QED) is 0.689. The first kappa shape index (κ1) is 18.0. The van der Waals surface area contributed by atoms with E-state index in [2.05, 4.69) is 16.0 Å². The minimum atomic E-state index is -0.694. The average molecular weight is 375 g/mol. The number of benzene rings is 2. The summed E-state index contributed by atoms with van der Waals surface area (Å²) >= 11 is 0. The van der Waals surface area contributed by atoms with E-state index in [-0.39, 0.29) is 5.56 Å². The molecule has 0 spiro atoms. The summed E-state index contributed by atoms with van der Waals surface area (Å²) in [4.78, 5) is 31.5. The Labute approximate surface area is 161 Å². The van der Waals surface area contributed by atoms with Crippen molar-refractivity contribution >= 4 is 11.4 Å². The zero-order valence-electron chi connectivity index (χ0n) is 15.8. The molecule has 0 radical (unpaired) electrons. The number of hydrogen-bond donors (Lipinski definition) is 2. The molecule has 142 valence electrons. The Hall–Kier alpha value is -3.41. The number of hydrogen-bond acceptors (Lipinski definition) is 4. The van der Waals surface area contributed by atoms with Crippen LogP contribution >= 0.6 is 0 Å². The van der Waals surface area contributed by atoms with Crippen LogP contribution < -0.4 is 11.2 Å². The van der Waals surface area contributed by atoms with Gasteiger partial charge in [0.1, 0.15) is 5.56 Å². The van der Waals surface area contributed by atoms with Crippen LogP contribution in [0.4, 0.5) is 5.69 Å². The Kier molecular flexibility index (Phi) is 4.47. The van der Waals surface area contributed by atoms with E-state index in [1.54, 1.807) is 19.1 Å². The number of aromatic hydroxyl groups is 1. The molecule has 0 saturated heterocycles. The SMILES string of the molecule is CC(=Nc1ccc2c(c1)CCC2)c1c(O)n(-c2ccc(C)cc2)c(=O)[nH]c1=O. The lowest BCUT2D eigenvalue weighted by Crippen LogP contribution is -2.32. The summed E-state index contributed by atoms with van der Waals surface area (Å²) in [5, 5.41) is 10.7. The van der Waals surface area contributed by atoms with Gasteiger partial charge >= 0.3 is 5.69 Å². The van der Waals surface area contributed by atoms with Crippen LogP contribution in [0.3, 0.4) is 0 Å². The molecule has 0 saturated carbocycles. The van der Waals surface area contributed by atoms with Crippen molar-refractivity contribution in [1.29, 1.82) is 0 Å². The molecular formula is C22H21N3O3. The molecule has 1 aromatic heterocycles. The van der Waals surface area contributed by atoms with Crippen molar-refractivity contribution in [1.82, 2.24) is 9.55 Å². The van der Waals surface area contributed by atoms with E-state index in [0.717, 1.165) is 35.1 Å².